The van der Waals surface area contributed by atoms with Crippen molar-refractivity contribution < 1.29 is 9.13 Å². The van der Waals surface area contributed by atoms with E-state index in [-0.39, 0.29) is 5.82 Å². The molecule has 0 bridgehead atoms. The molecule has 2 aliphatic heterocycles. The summed E-state index contributed by atoms with van der Waals surface area (Å²) in [5, 5.41) is 0. The number of nitrogens with zero attached hydrogens (tertiary/aromatic N) is 2. The topological polar surface area (TPSA) is 15.7 Å². The number of halogens is 1. The maximum absolute atomic E-state index is 13.1. The fraction of sp³-hybridized carbons (Fsp3) is 0.647. The van der Waals surface area contributed by atoms with Gasteiger partial charge in [-0.1, -0.05) is 6.07 Å². The van der Waals surface area contributed by atoms with Gasteiger partial charge in [0, 0.05) is 45.9 Å². The van der Waals surface area contributed by atoms with Crippen LogP contribution in [0.25, 0.3) is 0 Å². The van der Waals surface area contributed by atoms with Crippen LogP contribution in [0.15, 0.2) is 18.2 Å². The lowest BCUT2D eigenvalue weighted by Crippen LogP contribution is -2.47. The molecule has 0 aromatic heterocycles. The lowest BCUT2D eigenvalue weighted by molar-refractivity contribution is 0.106. The van der Waals surface area contributed by atoms with Gasteiger partial charge in [0.05, 0.1) is 6.61 Å². The normalized spacial score (nSPS) is 24.6. The summed E-state index contributed by atoms with van der Waals surface area (Å²) in [6.45, 7) is 10.5. The van der Waals surface area contributed by atoms with Crippen molar-refractivity contribution in [2.24, 2.45) is 5.92 Å². The van der Waals surface area contributed by atoms with Crippen LogP contribution in [0.4, 0.5) is 4.39 Å². The smallest absolute Gasteiger partial charge is 0.123 e. The molecule has 3 nitrogen and oxygen atoms in total. The molecule has 0 saturated carbocycles. The van der Waals surface area contributed by atoms with E-state index in [2.05, 4.69) is 9.80 Å². The third kappa shape index (κ3) is 4.02. The fourth-order valence-electron chi connectivity index (χ4n) is 3.30. The second kappa shape index (κ2) is 6.86. The highest BCUT2D eigenvalue weighted by Crippen LogP contribution is 2.17. The summed E-state index contributed by atoms with van der Waals surface area (Å²) >= 11 is 0. The van der Waals surface area contributed by atoms with Crippen LogP contribution in [0.5, 0.6) is 0 Å². The highest BCUT2D eigenvalue weighted by molar-refractivity contribution is 5.26. The van der Waals surface area contributed by atoms with Gasteiger partial charge in [0.2, 0.25) is 0 Å². The van der Waals surface area contributed by atoms with Crippen molar-refractivity contribution in [1.29, 1.82) is 0 Å². The third-order valence-corrected chi connectivity index (χ3v) is 4.70. The van der Waals surface area contributed by atoms with Gasteiger partial charge in [-0.2, -0.15) is 0 Å². The van der Waals surface area contributed by atoms with Crippen molar-refractivity contribution >= 4 is 0 Å². The van der Waals surface area contributed by atoms with Crippen LogP contribution >= 0.6 is 0 Å². The molecule has 4 heteroatoms. The molecule has 0 spiro atoms. The average molecular weight is 292 g/mol. The van der Waals surface area contributed by atoms with Crippen molar-refractivity contribution in [2.45, 2.75) is 19.9 Å². The van der Waals surface area contributed by atoms with E-state index in [1.165, 1.54) is 18.5 Å². The Hall–Kier alpha value is -0.970. The first kappa shape index (κ1) is 14.9. The van der Waals surface area contributed by atoms with Crippen LogP contribution in [0, 0.1) is 18.7 Å². The molecule has 116 valence electrons. The zero-order valence-electron chi connectivity index (χ0n) is 12.9. The van der Waals surface area contributed by atoms with Crippen LogP contribution in [0.2, 0.25) is 0 Å². The maximum atomic E-state index is 13.1. The summed E-state index contributed by atoms with van der Waals surface area (Å²) in [5.41, 5.74) is 2.30. The second-order valence-electron chi connectivity index (χ2n) is 6.38. The molecule has 1 aromatic carbocycles. The number of ether oxygens (including phenoxy) is 1. The van der Waals surface area contributed by atoms with E-state index in [0.717, 1.165) is 57.4 Å². The monoisotopic (exact) mass is 292 g/mol. The molecule has 1 atom stereocenters. The minimum Gasteiger partial charge on any atom is -0.381 e. The minimum absolute atomic E-state index is 0.139. The van der Waals surface area contributed by atoms with Gasteiger partial charge in [0.15, 0.2) is 0 Å². The van der Waals surface area contributed by atoms with Gasteiger partial charge in [-0.3, -0.25) is 4.90 Å². The Bertz CT molecular complexity index is 466. The van der Waals surface area contributed by atoms with E-state index in [1.54, 1.807) is 12.1 Å². The zero-order chi connectivity index (χ0) is 14.7. The Morgan fingerprint density at radius 1 is 1.19 bits per heavy atom. The zero-order valence-corrected chi connectivity index (χ0v) is 12.9. The Balaban J connectivity index is 1.46. The SMILES string of the molecule is Cc1cc(F)ccc1CN1CCN(CC2CCOC2)CC1. The van der Waals surface area contributed by atoms with E-state index in [4.69, 9.17) is 4.74 Å². The summed E-state index contributed by atoms with van der Waals surface area (Å²) in [6.07, 6.45) is 1.22. The Labute approximate surface area is 126 Å². The van der Waals surface area contributed by atoms with Crippen molar-refractivity contribution in [2.75, 3.05) is 45.9 Å². The quantitative estimate of drug-likeness (QED) is 0.847. The Morgan fingerprint density at radius 2 is 1.95 bits per heavy atom. The molecule has 2 heterocycles. The molecule has 2 fully saturated rings. The summed E-state index contributed by atoms with van der Waals surface area (Å²) in [6, 6.07) is 5.12. The van der Waals surface area contributed by atoms with Gasteiger partial charge in [0.1, 0.15) is 5.82 Å². The molecule has 2 saturated heterocycles. The average Bonchev–Trinajstić information content (AvgIpc) is 2.97. The van der Waals surface area contributed by atoms with Crippen LogP contribution in [0.3, 0.4) is 0 Å². The first-order chi connectivity index (χ1) is 10.2. The van der Waals surface area contributed by atoms with Gasteiger partial charge in [-0.15, -0.1) is 0 Å². The van der Waals surface area contributed by atoms with Crippen LogP contribution in [-0.2, 0) is 11.3 Å². The van der Waals surface area contributed by atoms with Crippen molar-refractivity contribution in [3.63, 3.8) is 0 Å². The maximum Gasteiger partial charge on any atom is 0.123 e. The van der Waals surface area contributed by atoms with E-state index in [9.17, 15) is 4.39 Å². The Morgan fingerprint density at radius 3 is 2.62 bits per heavy atom. The van der Waals surface area contributed by atoms with Gasteiger partial charge >= 0.3 is 0 Å². The fourth-order valence-corrected chi connectivity index (χ4v) is 3.30. The molecule has 1 unspecified atom stereocenters. The summed E-state index contributed by atoms with van der Waals surface area (Å²) < 4.78 is 18.6. The van der Waals surface area contributed by atoms with E-state index in [1.807, 2.05) is 13.0 Å². The van der Waals surface area contributed by atoms with Gasteiger partial charge < -0.3 is 9.64 Å². The molecule has 1 aromatic rings. The molecule has 21 heavy (non-hydrogen) atoms. The highest BCUT2D eigenvalue weighted by atomic mass is 19.1. The number of benzene rings is 1. The molecule has 3 rings (SSSR count). The van der Waals surface area contributed by atoms with E-state index in [0.29, 0.717) is 0 Å². The Kier molecular flexibility index (Phi) is 4.88. The molecular formula is C17H25FN2O. The number of hydrogen-bond donors (Lipinski definition) is 0. The largest absolute Gasteiger partial charge is 0.381 e. The van der Waals surface area contributed by atoms with Crippen LogP contribution < -0.4 is 0 Å². The summed E-state index contributed by atoms with van der Waals surface area (Å²) in [4.78, 5) is 5.04. The van der Waals surface area contributed by atoms with Crippen molar-refractivity contribution in [1.82, 2.24) is 9.80 Å². The number of aryl methyl sites for hydroxylation is 1. The second-order valence-corrected chi connectivity index (χ2v) is 6.38. The first-order valence-electron chi connectivity index (χ1n) is 7.98. The molecule has 0 radical (unpaired) electrons. The highest BCUT2D eigenvalue weighted by Gasteiger charge is 2.22. The lowest BCUT2D eigenvalue weighted by atomic mass is 10.1. The molecule has 2 aliphatic rings. The third-order valence-electron chi connectivity index (χ3n) is 4.70. The van der Waals surface area contributed by atoms with Crippen LogP contribution in [0.1, 0.15) is 17.5 Å². The van der Waals surface area contributed by atoms with Gasteiger partial charge in [-0.25, -0.2) is 4.39 Å². The predicted octanol–water partition coefficient (Wildman–Crippen LogP) is 2.29. The van der Waals surface area contributed by atoms with E-state index >= 15 is 0 Å². The standard InChI is InChI=1S/C17H25FN2O/c1-14-10-17(18)3-2-16(14)12-20-7-5-19(6-8-20)11-15-4-9-21-13-15/h2-3,10,15H,4-9,11-13H2,1H3. The molecule has 0 aliphatic carbocycles. The number of piperazine rings is 1. The molecular weight excluding hydrogens is 267 g/mol. The predicted molar refractivity (Wildman–Crippen MR) is 81.8 cm³/mol. The number of rotatable bonds is 4. The van der Waals surface area contributed by atoms with Gasteiger partial charge in [-0.05, 0) is 42.5 Å². The summed E-state index contributed by atoms with van der Waals surface area (Å²) in [5.74, 6) is 0.593. The van der Waals surface area contributed by atoms with Crippen molar-refractivity contribution in [3.05, 3.63) is 35.1 Å². The first-order valence-corrected chi connectivity index (χ1v) is 7.98. The molecule has 0 N–H and O–H groups in total. The van der Waals surface area contributed by atoms with Crippen molar-refractivity contribution in [3.8, 4) is 0 Å². The van der Waals surface area contributed by atoms with E-state index < -0.39 is 0 Å². The van der Waals surface area contributed by atoms with Gasteiger partial charge in [0.25, 0.3) is 0 Å². The molecule has 0 amide bonds. The number of hydrogen-bond acceptors (Lipinski definition) is 3. The summed E-state index contributed by atoms with van der Waals surface area (Å²) in [7, 11) is 0. The lowest BCUT2D eigenvalue weighted by Gasteiger charge is -2.36. The van der Waals surface area contributed by atoms with Crippen LogP contribution in [-0.4, -0.2) is 55.7 Å². The minimum atomic E-state index is -0.139.